The van der Waals surface area contributed by atoms with E-state index in [1.165, 1.54) is 18.5 Å². The van der Waals surface area contributed by atoms with Crippen molar-refractivity contribution >= 4 is 23.2 Å². The first-order valence-corrected chi connectivity index (χ1v) is 10.2. The molecular weight excluding hydrogens is 350 g/mol. The van der Waals surface area contributed by atoms with E-state index < -0.39 is 0 Å². The SMILES string of the molecule is CC1CCN(c2ccc(NC(=O)c3cccc(C(=O)NC4CC4)c3)cc2)CC1. The summed E-state index contributed by atoms with van der Waals surface area (Å²) in [5.74, 6) is 0.481. The monoisotopic (exact) mass is 377 g/mol. The van der Waals surface area contributed by atoms with Crippen LogP contribution in [0.15, 0.2) is 48.5 Å². The molecule has 0 radical (unpaired) electrons. The largest absolute Gasteiger partial charge is 0.372 e. The van der Waals surface area contributed by atoms with Gasteiger partial charge in [0.2, 0.25) is 0 Å². The van der Waals surface area contributed by atoms with E-state index in [0.717, 1.165) is 37.5 Å². The number of amides is 2. The topological polar surface area (TPSA) is 61.4 Å². The Labute approximate surface area is 166 Å². The molecule has 28 heavy (non-hydrogen) atoms. The van der Waals surface area contributed by atoms with Crippen molar-refractivity contribution in [1.82, 2.24) is 5.32 Å². The number of anilines is 2. The molecular formula is C23H27N3O2. The highest BCUT2D eigenvalue weighted by Crippen LogP contribution is 2.24. The Bertz CT molecular complexity index is 850. The van der Waals surface area contributed by atoms with Crippen molar-refractivity contribution in [2.75, 3.05) is 23.3 Å². The highest BCUT2D eigenvalue weighted by molar-refractivity contribution is 6.06. The summed E-state index contributed by atoms with van der Waals surface area (Å²) in [5, 5.41) is 5.88. The molecule has 0 unspecified atom stereocenters. The summed E-state index contributed by atoms with van der Waals surface area (Å²) in [6, 6.07) is 15.2. The van der Waals surface area contributed by atoms with Crippen LogP contribution in [0.5, 0.6) is 0 Å². The zero-order valence-electron chi connectivity index (χ0n) is 16.3. The highest BCUT2D eigenvalue weighted by atomic mass is 16.2. The second-order valence-electron chi connectivity index (χ2n) is 8.00. The van der Waals surface area contributed by atoms with Gasteiger partial charge in [-0.1, -0.05) is 13.0 Å². The molecule has 0 spiro atoms. The lowest BCUT2D eigenvalue weighted by Gasteiger charge is -2.32. The van der Waals surface area contributed by atoms with Crippen LogP contribution in [0.3, 0.4) is 0 Å². The van der Waals surface area contributed by atoms with Gasteiger partial charge >= 0.3 is 0 Å². The third-order valence-corrected chi connectivity index (χ3v) is 5.57. The number of rotatable bonds is 5. The van der Waals surface area contributed by atoms with Gasteiger partial charge in [0.15, 0.2) is 0 Å². The summed E-state index contributed by atoms with van der Waals surface area (Å²) in [6.07, 6.45) is 4.53. The average molecular weight is 377 g/mol. The maximum atomic E-state index is 12.6. The van der Waals surface area contributed by atoms with E-state index in [4.69, 9.17) is 0 Å². The minimum atomic E-state index is -0.208. The van der Waals surface area contributed by atoms with E-state index in [1.807, 2.05) is 12.1 Å². The van der Waals surface area contributed by atoms with Crippen LogP contribution in [-0.2, 0) is 0 Å². The number of carbonyl (C=O) groups is 2. The average Bonchev–Trinajstić information content (AvgIpc) is 3.53. The Morgan fingerprint density at radius 2 is 1.54 bits per heavy atom. The Hall–Kier alpha value is -2.82. The van der Waals surface area contributed by atoms with Gasteiger partial charge in [-0.3, -0.25) is 9.59 Å². The molecule has 2 amide bonds. The molecule has 146 valence electrons. The van der Waals surface area contributed by atoms with Gasteiger partial charge in [-0.2, -0.15) is 0 Å². The van der Waals surface area contributed by atoms with Crippen LogP contribution < -0.4 is 15.5 Å². The van der Waals surface area contributed by atoms with Gasteiger partial charge in [0.25, 0.3) is 11.8 Å². The fraction of sp³-hybridized carbons (Fsp3) is 0.391. The predicted octanol–water partition coefficient (Wildman–Crippen LogP) is 4.07. The van der Waals surface area contributed by atoms with Gasteiger partial charge in [0.05, 0.1) is 0 Å². The molecule has 1 aliphatic carbocycles. The summed E-state index contributed by atoms with van der Waals surface area (Å²) in [6.45, 7) is 4.48. The van der Waals surface area contributed by atoms with Gasteiger partial charge in [-0.15, -0.1) is 0 Å². The van der Waals surface area contributed by atoms with Crippen molar-refractivity contribution in [3.8, 4) is 0 Å². The normalized spacial score (nSPS) is 17.2. The summed E-state index contributed by atoms with van der Waals surface area (Å²) < 4.78 is 0. The van der Waals surface area contributed by atoms with Crippen molar-refractivity contribution in [3.63, 3.8) is 0 Å². The van der Waals surface area contributed by atoms with E-state index >= 15 is 0 Å². The van der Waals surface area contributed by atoms with Crippen LogP contribution in [0, 0.1) is 5.92 Å². The Kier molecular flexibility index (Phi) is 5.33. The van der Waals surface area contributed by atoms with E-state index in [-0.39, 0.29) is 11.8 Å². The number of hydrogen-bond acceptors (Lipinski definition) is 3. The number of carbonyl (C=O) groups excluding carboxylic acids is 2. The zero-order chi connectivity index (χ0) is 19.5. The molecule has 2 aromatic rings. The molecule has 1 saturated carbocycles. The molecule has 4 rings (SSSR count). The smallest absolute Gasteiger partial charge is 0.255 e. The second-order valence-corrected chi connectivity index (χ2v) is 8.00. The third kappa shape index (κ3) is 4.53. The van der Waals surface area contributed by atoms with E-state index in [1.54, 1.807) is 24.3 Å². The highest BCUT2D eigenvalue weighted by Gasteiger charge is 2.24. The number of nitrogens with one attached hydrogen (secondary N) is 2. The molecule has 0 aromatic heterocycles. The van der Waals surface area contributed by atoms with Crippen LogP contribution in [-0.4, -0.2) is 30.9 Å². The van der Waals surface area contributed by atoms with Crippen molar-refractivity contribution in [2.24, 2.45) is 5.92 Å². The molecule has 1 heterocycles. The molecule has 2 fully saturated rings. The fourth-order valence-electron chi connectivity index (χ4n) is 3.52. The lowest BCUT2D eigenvalue weighted by atomic mass is 9.99. The summed E-state index contributed by atoms with van der Waals surface area (Å²) in [7, 11) is 0. The third-order valence-electron chi connectivity index (χ3n) is 5.57. The Balaban J connectivity index is 1.38. The zero-order valence-corrected chi connectivity index (χ0v) is 16.3. The maximum absolute atomic E-state index is 12.6. The molecule has 1 aliphatic heterocycles. The van der Waals surface area contributed by atoms with Crippen LogP contribution in [0.2, 0.25) is 0 Å². The van der Waals surface area contributed by atoms with E-state index in [0.29, 0.717) is 17.2 Å². The van der Waals surface area contributed by atoms with Crippen LogP contribution in [0.1, 0.15) is 53.3 Å². The number of piperidine rings is 1. The summed E-state index contributed by atoms with van der Waals surface area (Å²) >= 11 is 0. The van der Waals surface area contributed by atoms with Gasteiger partial charge in [-0.05, 0) is 74.1 Å². The van der Waals surface area contributed by atoms with E-state index in [2.05, 4.69) is 34.6 Å². The van der Waals surface area contributed by atoms with Crippen molar-refractivity contribution in [2.45, 2.75) is 38.6 Å². The Morgan fingerprint density at radius 1 is 0.893 bits per heavy atom. The molecule has 0 bridgehead atoms. The van der Waals surface area contributed by atoms with Gasteiger partial charge < -0.3 is 15.5 Å². The molecule has 2 aromatic carbocycles. The molecule has 2 aliphatic rings. The first kappa shape index (κ1) is 18.5. The van der Waals surface area contributed by atoms with Crippen LogP contribution in [0.4, 0.5) is 11.4 Å². The summed E-state index contributed by atoms with van der Waals surface area (Å²) in [4.78, 5) is 27.2. The van der Waals surface area contributed by atoms with Crippen molar-refractivity contribution in [3.05, 3.63) is 59.7 Å². The fourth-order valence-corrected chi connectivity index (χ4v) is 3.52. The minimum absolute atomic E-state index is 0.114. The number of hydrogen-bond donors (Lipinski definition) is 2. The lowest BCUT2D eigenvalue weighted by molar-refractivity contribution is 0.0951. The molecule has 0 atom stereocenters. The molecule has 1 saturated heterocycles. The number of nitrogens with zero attached hydrogens (tertiary/aromatic N) is 1. The lowest BCUT2D eigenvalue weighted by Crippen LogP contribution is -2.32. The molecule has 5 heteroatoms. The molecule has 2 N–H and O–H groups in total. The maximum Gasteiger partial charge on any atom is 0.255 e. The first-order valence-electron chi connectivity index (χ1n) is 10.2. The van der Waals surface area contributed by atoms with Crippen molar-refractivity contribution < 1.29 is 9.59 Å². The Morgan fingerprint density at radius 3 is 2.18 bits per heavy atom. The first-order chi connectivity index (χ1) is 13.6. The second kappa shape index (κ2) is 8.05. The van der Waals surface area contributed by atoms with Gasteiger partial charge in [-0.25, -0.2) is 0 Å². The minimum Gasteiger partial charge on any atom is -0.372 e. The predicted molar refractivity (Wildman–Crippen MR) is 112 cm³/mol. The van der Waals surface area contributed by atoms with Gasteiger partial charge in [0.1, 0.15) is 0 Å². The van der Waals surface area contributed by atoms with Crippen molar-refractivity contribution in [1.29, 1.82) is 0 Å². The summed E-state index contributed by atoms with van der Waals surface area (Å²) in [5.41, 5.74) is 2.96. The standard InChI is InChI=1S/C23H27N3O2/c1-16-11-13-26(14-12-16)21-9-7-20(8-10-21)25-23(28)18-4-2-3-17(15-18)22(27)24-19-5-6-19/h2-4,7-10,15-16,19H,5-6,11-14H2,1H3,(H,24,27)(H,25,28). The molecule has 5 nitrogen and oxygen atoms in total. The van der Waals surface area contributed by atoms with Crippen LogP contribution >= 0.6 is 0 Å². The van der Waals surface area contributed by atoms with Crippen LogP contribution in [0.25, 0.3) is 0 Å². The quantitative estimate of drug-likeness (QED) is 0.826. The number of benzene rings is 2. The van der Waals surface area contributed by atoms with E-state index in [9.17, 15) is 9.59 Å². The van der Waals surface area contributed by atoms with Gasteiger partial charge in [0, 0.05) is 41.6 Å².